The van der Waals surface area contributed by atoms with Crippen LogP contribution in [-0.4, -0.2) is 24.1 Å². The summed E-state index contributed by atoms with van der Waals surface area (Å²) in [6.45, 7) is 27.1. The van der Waals surface area contributed by atoms with Crippen molar-refractivity contribution in [3.8, 4) is 97.1 Å². The average molecular weight is 1170 g/mol. The Morgan fingerprint density at radius 1 is 0.289 bits per heavy atom. The molecule has 0 fully saturated rings. The lowest BCUT2D eigenvalue weighted by molar-refractivity contribution is 0.590. The highest BCUT2D eigenvalue weighted by Crippen LogP contribution is 2.44. The molecule has 0 aliphatic rings. The number of hydrogen-bond acceptors (Lipinski definition) is 6. The Morgan fingerprint density at radius 3 is 0.978 bits per heavy atom. The van der Waals surface area contributed by atoms with E-state index in [2.05, 4.69) is 232 Å². The van der Waals surface area contributed by atoms with Gasteiger partial charge in [-0.05, 0) is 187 Å². The zero-order valence-electron chi connectivity index (χ0n) is 53.2. The molecule has 0 spiro atoms. The van der Waals surface area contributed by atoms with Crippen molar-refractivity contribution in [2.24, 2.45) is 0 Å². The van der Waals surface area contributed by atoms with Crippen molar-refractivity contribution in [1.29, 1.82) is 15.8 Å². The molecule has 0 N–H and O–H groups in total. The van der Waals surface area contributed by atoms with Crippen molar-refractivity contribution in [3.63, 3.8) is 0 Å². The molecule has 90 heavy (non-hydrogen) atoms. The molecule has 0 unspecified atom stereocenters. The van der Waals surface area contributed by atoms with Gasteiger partial charge in [0.1, 0.15) is 0 Å². The molecule has 0 saturated carbocycles. The summed E-state index contributed by atoms with van der Waals surface area (Å²) >= 11 is 0. The van der Waals surface area contributed by atoms with E-state index in [1.807, 2.05) is 84.9 Å². The number of aromatic nitrogens is 5. The zero-order chi connectivity index (χ0) is 63.2. The van der Waals surface area contributed by atoms with Gasteiger partial charge in [-0.2, -0.15) is 15.8 Å². The molecule has 8 heteroatoms. The van der Waals surface area contributed by atoms with Crippen LogP contribution >= 0.6 is 0 Å². The van der Waals surface area contributed by atoms with Crippen molar-refractivity contribution in [1.82, 2.24) is 24.1 Å². The van der Waals surface area contributed by atoms with Crippen LogP contribution in [0.25, 0.3) is 123 Å². The van der Waals surface area contributed by atoms with Gasteiger partial charge in [-0.3, -0.25) is 0 Å². The second kappa shape index (κ2) is 21.8. The Morgan fingerprint density at radius 2 is 0.622 bits per heavy atom. The van der Waals surface area contributed by atoms with E-state index in [0.29, 0.717) is 34.2 Å². The molecule has 13 rings (SSSR count). The lowest BCUT2D eigenvalue weighted by atomic mass is 9.85. The Balaban J connectivity index is 1.07. The molecule has 3 heterocycles. The normalized spacial score (nSPS) is 12.2. The van der Waals surface area contributed by atoms with Gasteiger partial charge < -0.3 is 9.13 Å². The Bertz CT molecular complexity index is 4800. The molecule has 0 radical (unpaired) electrons. The minimum atomic E-state index is -0.0780. The van der Waals surface area contributed by atoms with Crippen LogP contribution in [-0.2, 0) is 21.7 Å². The van der Waals surface area contributed by atoms with Crippen LogP contribution in [0, 0.1) is 34.0 Å². The van der Waals surface area contributed by atoms with Gasteiger partial charge >= 0.3 is 0 Å². The Kier molecular flexibility index (Phi) is 14.2. The highest BCUT2D eigenvalue weighted by Gasteiger charge is 2.27. The van der Waals surface area contributed by atoms with Crippen LogP contribution in [0.15, 0.2) is 206 Å². The lowest BCUT2D eigenvalue weighted by Gasteiger charge is -2.20. The Hall–Kier alpha value is -10.7. The zero-order valence-corrected chi connectivity index (χ0v) is 53.2. The maximum atomic E-state index is 10.4. The quantitative estimate of drug-likeness (QED) is 0.149. The van der Waals surface area contributed by atoms with Gasteiger partial charge in [0.25, 0.3) is 0 Å². The van der Waals surface area contributed by atoms with Gasteiger partial charge in [-0.1, -0.05) is 168 Å². The average Bonchev–Trinajstić information content (AvgIpc) is 1.66. The minimum Gasteiger partial charge on any atom is -0.309 e. The predicted molar refractivity (Wildman–Crippen MR) is 370 cm³/mol. The lowest BCUT2D eigenvalue weighted by Crippen LogP contribution is -2.10. The number of benzene rings is 10. The Labute approximate surface area is 527 Å². The smallest absolute Gasteiger partial charge is 0.164 e. The van der Waals surface area contributed by atoms with E-state index in [9.17, 15) is 15.8 Å². The summed E-state index contributed by atoms with van der Waals surface area (Å²) in [6.07, 6.45) is 0. The van der Waals surface area contributed by atoms with Crippen LogP contribution in [0.1, 0.15) is 122 Å². The van der Waals surface area contributed by atoms with E-state index in [1.54, 1.807) is 0 Å². The number of rotatable bonds is 8. The number of fused-ring (bicyclic) bond motifs is 6. The highest BCUT2D eigenvalue weighted by molar-refractivity contribution is 6.12. The number of hydrogen-bond donors (Lipinski definition) is 0. The summed E-state index contributed by atoms with van der Waals surface area (Å²) in [5.41, 5.74) is 19.9. The van der Waals surface area contributed by atoms with Crippen molar-refractivity contribution >= 4 is 43.6 Å². The summed E-state index contributed by atoms with van der Waals surface area (Å²) in [7, 11) is 0. The SMILES string of the molecule is CC(C)(C)c1ccc2c(c1)c1cc(C(C)(C)C)ccc1n2-c1ccc(-c2nc(-c3cccc(-c4ccccc4C#N)c3)nc(-c3ccc(-n4c5ccc(C(C)(C)C)cc5c5cc(C(C)(C)C)ccc54)c(-c4cccc(C#N)c4)c3)n2)cc1-c1cccc(C#N)c1. The molecule has 0 saturated heterocycles. The number of nitrogens with zero attached hydrogens (tertiary/aromatic N) is 8. The van der Waals surface area contributed by atoms with Crippen LogP contribution in [0.4, 0.5) is 0 Å². The molecule has 0 aliphatic heterocycles. The van der Waals surface area contributed by atoms with Crippen molar-refractivity contribution in [2.75, 3.05) is 0 Å². The van der Waals surface area contributed by atoms with Gasteiger partial charge in [0.15, 0.2) is 17.5 Å². The third-order valence-electron chi connectivity index (χ3n) is 17.7. The monoisotopic (exact) mass is 1170 g/mol. The third-order valence-corrected chi connectivity index (χ3v) is 17.7. The topological polar surface area (TPSA) is 120 Å². The molecule has 0 amide bonds. The fourth-order valence-corrected chi connectivity index (χ4v) is 12.6. The van der Waals surface area contributed by atoms with E-state index in [1.165, 1.54) is 43.8 Å². The molecule has 3 aromatic heterocycles. The first-order chi connectivity index (χ1) is 43.0. The molecular formula is C82H70N8. The highest BCUT2D eigenvalue weighted by atomic mass is 15.0. The summed E-state index contributed by atoms with van der Waals surface area (Å²) in [6, 6.07) is 78.7. The van der Waals surface area contributed by atoms with Crippen LogP contribution in [0.2, 0.25) is 0 Å². The van der Waals surface area contributed by atoms with Crippen molar-refractivity contribution in [3.05, 3.63) is 245 Å². The molecule has 0 aliphatic carbocycles. The second-order valence-corrected chi connectivity index (χ2v) is 28.0. The molecule has 8 nitrogen and oxygen atoms in total. The first kappa shape index (κ1) is 58.3. The standard InChI is InChI=1S/C82H70N8/c1-79(2,3)59-28-34-72-66(43-59)67-44-60(80(4,5)6)29-35-73(67)89(72)70-32-26-56(41-64(70)52-21-15-18-50(38-52)47-83)77-86-76(55-24-17-23-54(40-55)63-25-14-13-20-58(63)49-85)87-78(88-77)57-27-33-71(65(42-57)53-22-16-19-51(39-53)48-84)90-74-36-30-61(81(7,8)9)45-68(74)69-46-62(82(10,11)12)31-37-75(69)90/h13-46H,1-12H3. The predicted octanol–water partition coefficient (Wildman–Crippen LogP) is 20.9. The van der Waals surface area contributed by atoms with Gasteiger partial charge in [-0.25, -0.2) is 15.0 Å². The summed E-state index contributed by atoms with van der Waals surface area (Å²) in [4.78, 5) is 16.3. The number of nitriles is 3. The van der Waals surface area contributed by atoms with Gasteiger partial charge in [-0.15, -0.1) is 0 Å². The maximum Gasteiger partial charge on any atom is 0.164 e. The summed E-state index contributed by atoms with van der Waals surface area (Å²) in [5, 5.41) is 35.8. The van der Waals surface area contributed by atoms with E-state index in [-0.39, 0.29) is 21.7 Å². The molecule has 0 atom stereocenters. The van der Waals surface area contributed by atoms with E-state index in [0.717, 1.165) is 83.5 Å². The molecule has 10 aromatic carbocycles. The summed E-state index contributed by atoms with van der Waals surface area (Å²) in [5.74, 6) is 1.33. The van der Waals surface area contributed by atoms with E-state index >= 15 is 0 Å². The first-order valence-electron chi connectivity index (χ1n) is 30.8. The molecule has 438 valence electrons. The van der Waals surface area contributed by atoms with Gasteiger partial charge in [0.2, 0.25) is 0 Å². The second-order valence-electron chi connectivity index (χ2n) is 28.0. The summed E-state index contributed by atoms with van der Waals surface area (Å²) < 4.78 is 4.73. The minimum absolute atomic E-state index is 0.0780. The van der Waals surface area contributed by atoms with Crippen LogP contribution in [0.3, 0.4) is 0 Å². The van der Waals surface area contributed by atoms with E-state index < -0.39 is 0 Å². The van der Waals surface area contributed by atoms with Crippen molar-refractivity contribution in [2.45, 2.75) is 105 Å². The van der Waals surface area contributed by atoms with Crippen LogP contribution < -0.4 is 0 Å². The largest absolute Gasteiger partial charge is 0.309 e. The fourth-order valence-electron chi connectivity index (χ4n) is 12.6. The molecule has 0 bridgehead atoms. The van der Waals surface area contributed by atoms with Crippen LogP contribution in [0.5, 0.6) is 0 Å². The van der Waals surface area contributed by atoms with Gasteiger partial charge in [0.05, 0.1) is 68.3 Å². The van der Waals surface area contributed by atoms with Crippen molar-refractivity contribution < 1.29 is 0 Å². The third kappa shape index (κ3) is 10.6. The fraction of sp³-hybridized carbons (Fsp3) is 0.195. The van der Waals surface area contributed by atoms with E-state index in [4.69, 9.17) is 15.0 Å². The van der Waals surface area contributed by atoms with Gasteiger partial charge in [0, 0.05) is 49.4 Å². The molecular weight excluding hydrogens is 1100 g/mol. The molecule has 13 aromatic rings. The first-order valence-corrected chi connectivity index (χ1v) is 30.8. The maximum absolute atomic E-state index is 10.4.